The molecular weight excluding hydrogens is 363 g/mol. The van der Waals surface area contributed by atoms with Gasteiger partial charge in [0.05, 0.1) is 31.9 Å². The number of methoxy groups -OCH3 is 2. The minimum absolute atomic E-state index is 0.0384. The van der Waals surface area contributed by atoms with E-state index in [2.05, 4.69) is 5.32 Å². The highest BCUT2D eigenvalue weighted by Crippen LogP contribution is 2.33. The first kappa shape index (κ1) is 19.5. The van der Waals surface area contributed by atoms with Crippen LogP contribution in [0.15, 0.2) is 42.5 Å². The normalized spacial score (nSPS) is 10.9. The van der Waals surface area contributed by atoms with E-state index in [-0.39, 0.29) is 17.1 Å². The van der Waals surface area contributed by atoms with E-state index in [1.165, 1.54) is 44.6 Å². The average Bonchev–Trinajstić information content (AvgIpc) is 2.60. The molecule has 0 aromatic heterocycles. The molecule has 0 aliphatic heterocycles. The molecule has 9 heteroatoms. The van der Waals surface area contributed by atoms with Gasteiger partial charge in [0.25, 0.3) is 0 Å². The maximum atomic E-state index is 13.7. The molecule has 0 aliphatic rings. The lowest BCUT2D eigenvalue weighted by molar-refractivity contribution is -0.114. The van der Waals surface area contributed by atoms with Gasteiger partial charge in [-0.3, -0.25) is 9.10 Å². The van der Waals surface area contributed by atoms with Crippen LogP contribution < -0.4 is 19.1 Å². The van der Waals surface area contributed by atoms with Crippen LogP contribution in [0.4, 0.5) is 15.8 Å². The quantitative estimate of drug-likeness (QED) is 0.794. The standard InChI is InChI=1S/C17H19FN2O5S/c1-24-12-8-9-16(25-2)15(10-12)20(26(3,22)23)11-17(21)19-14-7-5-4-6-13(14)18/h4-10H,11H2,1-3H3,(H,19,21). The summed E-state index contributed by atoms with van der Waals surface area (Å²) < 4.78 is 49.3. The molecule has 2 aromatic rings. The minimum atomic E-state index is -3.83. The molecule has 2 rings (SSSR count). The van der Waals surface area contributed by atoms with Crippen molar-refractivity contribution in [2.45, 2.75) is 0 Å². The molecule has 0 saturated carbocycles. The van der Waals surface area contributed by atoms with Crippen molar-refractivity contribution in [3.05, 3.63) is 48.3 Å². The Morgan fingerprint density at radius 2 is 1.85 bits per heavy atom. The van der Waals surface area contributed by atoms with Crippen LogP contribution in [0.2, 0.25) is 0 Å². The Morgan fingerprint density at radius 1 is 1.15 bits per heavy atom. The van der Waals surface area contributed by atoms with E-state index in [0.29, 0.717) is 5.75 Å². The van der Waals surface area contributed by atoms with E-state index >= 15 is 0 Å². The van der Waals surface area contributed by atoms with Crippen molar-refractivity contribution in [2.24, 2.45) is 0 Å². The van der Waals surface area contributed by atoms with Gasteiger partial charge >= 0.3 is 0 Å². The molecule has 0 radical (unpaired) electrons. The van der Waals surface area contributed by atoms with Crippen molar-refractivity contribution >= 4 is 27.3 Å². The van der Waals surface area contributed by atoms with Gasteiger partial charge in [0.15, 0.2) is 0 Å². The second kappa shape index (κ2) is 8.05. The lowest BCUT2D eigenvalue weighted by Gasteiger charge is -2.24. The first-order chi connectivity index (χ1) is 12.3. The molecule has 0 saturated heterocycles. The number of carbonyl (C=O) groups excluding carboxylic acids is 1. The summed E-state index contributed by atoms with van der Waals surface area (Å²) in [5.74, 6) is -0.685. The molecule has 0 bridgehead atoms. The molecule has 7 nitrogen and oxygen atoms in total. The summed E-state index contributed by atoms with van der Waals surface area (Å²) in [4.78, 5) is 12.3. The summed E-state index contributed by atoms with van der Waals surface area (Å²) in [6.45, 7) is -0.559. The molecule has 1 amide bonds. The van der Waals surface area contributed by atoms with Crippen LogP contribution in [0.1, 0.15) is 0 Å². The third kappa shape index (κ3) is 4.63. The predicted octanol–water partition coefficient (Wildman–Crippen LogP) is 2.25. The first-order valence-corrected chi connectivity index (χ1v) is 9.35. The van der Waals surface area contributed by atoms with Gasteiger partial charge in [-0.25, -0.2) is 12.8 Å². The largest absolute Gasteiger partial charge is 0.497 e. The molecule has 0 aliphatic carbocycles. The highest BCUT2D eigenvalue weighted by Gasteiger charge is 2.25. The molecule has 0 spiro atoms. The number of para-hydroxylation sites is 1. The molecular formula is C17H19FN2O5S. The summed E-state index contributed by atoms with van der Waals surface area (Å²) in [5.41, 5.74) is 0.0987. The van der Waals surface area contributed by atoms with Crippen LogP contribution in [0.3, 0.4) is 0 Å². The van der Waals surface area contributed by atoms with E-state index in [1.54, 1.807) is 12.1 Å². The summed E-state index contributed by atoms with van der Waals surface area (Å²) in [6.07, 6.45) is 0.961. The number of sulfonamides is 1. The van der Waals surface area contributed by atoms with Gasteiger partial charge in [0.2, 0.25) is 15.9 Å². The molecule has 1 N–H and O–H groups in total. The van der Waals surface area contributed by atoms with E-state index in [1.807, 2.05) is 0 Å². The Balaban J connectivity index is 2.35. The fraction of sp³-hybridized carbons (Fsp3) is 0.235. The van der Waals surface area contributed by atoms with Crippen molar-refractivity contribution in [1.82, 2.24) is 0 Å². The van der Waals surface area contributed by atoms with Crippen LogP contribution in [0, 0.1) is 5.82 Å². The van der Waals surface area contributed by atoms with Gasteiger partial charge in [0.1, 0.15) is 23.9 Å². The van der Waals surface area contributed by atoms with Gasteiger partial charge < -0.3 is 14.8 Å². The predicted molar refractivity (Wildman–Crippen MR) is 96.8 cm³/mol. The zero-order valence-electron chi connectivity index (χ0n) is 14.5. The number of anilines is 2. The second-order valence-corrected chi connectivity index (χ2v) is 7.24. The molecule has 0 atom stereocenters. The number of carbonyl (C=O) groups is 1. The molecule has 2 aromatic carbocycles. The van der Waals surface area contributed by atoms with Crippen LogP contribution in [-0.2, 0) is 14.8 Å². The SMILES string of the molecule is COc1ccc(OC)c(N(CC(=O)Nc2ccccc2F)S(C)(=O)=O)c1. The van der Waals surface area contributed by atoms with Crippen molar-refractivity contribution in [3.8, 4) is 11.5 Å². The zero-order chi connectivity index (χ0) is 19.3. The highest BCUT2D eigenvalue weighted by atomic mass is 32.2. The molecule has 0 fully saturated rings. The topological polar surface area (TPSA) is 84.9 Å². The Labute approximate surface area is 151 Å². The van der Waals surface area contributed by atoms with Crippen molar-refractivity contribution in [3.63, 3.8) is 0 Å². The smallest absolute Gasteiger partial charge is 0.245 e. The Morgan fingerprint density at radius 3 is 2.42 bits per heavy atom. The van der Waals surface area contributed by atoms with E-state index in [9.17, 15) is 17.6 Å². The maximum absolute atomic E-state index is 13.7. The van der Waals surface area contributed by atoms with Gasteiger partial charge in [-0.2, -0.15) is 0 Å². The van der Waals surface area contributed by atoms with Crippen molar-refractivity contribution in [1.29, 1.82) is 0 Å². The Hall–Kier alpha value is -2.81. The van der Waals surface area contributed by atoms with Gasteiger partial charge in [0, 0.05) is 6.07 Å². The number of amides is 1. The van der Waals surface area contributed by atoms with E-state index < -0.39 is 28.3 Å². The third-order valence-corrected chi connectivity index (χ3v) is 4.62. The van der Waals surface area contributed by atoms with Crippen molar-refractivity contribution in [2.75, 3.05) is 36.6 Å². The minimum Gasteiger partial charge on any atom is -0.497 e. The van der Waals surface area contributed by atoms with Crippen molar-refractivity contribution < 1.29 is 27.1 Å². The Bertz CT molecular complexity index is 902. The zero-order valence-corrected chi connectivity index (χ0v) is 15.3. The molecule has 26 heavy (non-hydrogen) atoms. The summed E-state index contributed by atoms with van der Waals surface area (Å²) >= 11 is 0. The first-order valence-electron chi connectivity index (χ1n) is 7.50. The fourth-order valence-electron chi connectivity index (χ4n) is 2.26. The maximum Gasteiger partial charge on any atom is 0.245 e. The summed E-state index contributed by atoms with van der Waals surface area (Å²) in [7, 11) is -1.02. The average molecular weight is 382 g/mol. The molecule has 0 heterocycles. The monoisotopic (exact) mass is 382 g/mol. The van der Waals surface area contributed by atoms with Crippen LogP contribution >= 0.6 is 0 Å². The van der Waals surface area contributed by atoms with Crippen LogP contribution in [0.25, 0.3) is 0 Å². The number of hydrogen-bond donors (Lipinski definition) is 1. The third-order valence-electron chi connectivity index (χ3n) is 3.49. The van der Waals surface area contributed by atoms with Crippen LogP contribution in [0.5, 0.6) is 11.5 Å². The summed E-state index contributed by atoms with van der Waals surface area (Å²) in [5, 5.41) is 2.36. The van der Waals surface area contributed by atoms with E-state index in [4.69, 9.17) is 9.47 Å². The number of hydrogen-bond acceptors (Lipinski definition) is 5. The van der Waals surface area contributed by atoms with Gasteiger partial charge in [-0.1, -0.05) is 12.1 Å². The lowest BCUT2D eigenvalue weighted by Crippen LogP contribution is -2.37. The highest BCUT2D eigenvalue weighted by molar-refractivity contribution is 7.92. The van der Waals surface area contributed by atoms with Gasteiger partial charge in [-0.05, 0) is 24.3 Å². The number of benzene rings is 2. The number of ether oxygens (including phenoxy) is 2. The van der Waals surface area contributed by atoms with Crippen LogP contribution in [-0.4, -0.2) is 41.3 Å². The number of nitrogens with one attached hydrogen (secondary N) is 1. The number of nitrogens with zero attached hydrogens (tertiary/aromatic N) is 1. The lowest BCUT2D eigenvalue weighted by atomic mass is 10.2. The van der Waals surface area contributed by atoms with Gasteiger partial charge in [-0.15, -0.1) is 0 Å². The fourth-order valence-corrected chi connectivity index (χ4v) is 3.11. The molecule has 140 valence electrons. The Kier molecular flexibility index (Phi) is 6.04. The molecule has 0 unspecified atom stereocenters. The number of halogens is 1. The summed E-state index contributed by atoms with van der Waals surface area (Å²) in [6, 6.07) is 10.2. The van der Waals surface area contributed by atoms with E-state index in [0.717, 1.165) is 10.6 Å². The second-order valence-electron chi connectivity index (χ2n) is 5.34. The number of rotatable bonds is 7.